The predicted octanol–water partition coefficient (Wildman–Crippen LogP) is 7.18. The third kappa shape index (κ3) is 5.13. The SMILES string of the molecule is CCCCCCC(Cl)c1ccc(C(C)C)cc1C(C)C. The van der Waals surface area contributed by atoms with Crippen LogP contribution in [-0.4, -0.2) is 0 Å². The summed E-state index contributed by atoms with van der Waals surface area (Å²) in [6.07, 6.45) is 6.26. The minimum absolute atomic E-state index is 0.172. The minimum atomic E-state index is 0.172. The fourth-order valence-electron chi connectivity index (χ4n) is 2.64. The van der Waals surface area contributed by atoms with Crippen molar-refractivity contribution in [2.75, 3.05) is 0 Å². The molecule has 0 amide bonds. The number of rotatable bonds is 8. The van der Waals surface area contributed by atoms with Crippen molar-refractivity contribution in [1.82, 2.24) is 0 Å². The molecule has 0 fully saturated rings. The van der Waals surface area contributed by atoms with Gasteiger partial charge in [0.2, 0.25) is 0 Å². The molecule has 1 atom stereocenters. The van der Waals surface area contributed by atoms with Crippen molar-refractivity contribution in [2.24, 2.45) is 0 Å². The van der Waals surface area contributed by atoms with Crippen LogP contribution in [0, 0.1) is 0 Å². The first kappa shape index (κ1) is 17.6. The smallest absolute Gasteiger partial charge is 0.0588 e. The zero-order valence-corrected chi connectivity index (χ0v) is 14.6. The van der Waals surface area contributed by atoms with E-state index in [1.54, 1.807) is 0 Å². The lowest BCUT2D eigenvalue weighted by Gasteiger charge is -2.20. The van der Waals surface area contributed by atoms with E-state index in [4.69, 9.17) is 11.6 Å². The number of halogens is 1. The molecule has 1 heteroatoms. The second-order valence-electron chi connectivity index (χ2n) is 6.51. The Morgan fingerprint density at radius 2 is 1.60 bits per heavy atom. The Morgan fingerprint density at radius 3 is 2.15 bits per heavy atom. The monoisotopic (exact) mass is 294 g/mol. The van der Waals surface area contributed by atoms with Crippen LogP contribution in [0.15, 0.2) is 18.2 Å². The van der Waals surface area contributed by atoms with E-state index in [2.05, 4.69) is 52.8 Å². The highest BCUT2D eigenvalue weighted by Gasteiger charge is 2.16. The van der Waals surface area contributed by atoms with Gasteiger partial charge in [0.1, 0.15) is 0 Å². The van der Waals surface area contributed by atoms with Crippen molar-refractivity contribution in [3.63, 3.8) is 0 Å². The Hall–Kier alpha value is -0.490. The summed E-state index contributed by atoms with van der Waals surface area (Å²) in [5, 5.41) is 0.172. The minimum Gasteiger partial charge on any atom is -0.118 e. The number of alkyl halides is 1. The number of hydrogen-bond acceptors (Lipinski definition) is 0. The lowest BCUT2D eigenvalue weighted by molar-refractivity contribution is 0.620. The quantitative estimate of drug-likeness (QED) is 0.352. The summed E-state index contributed by atoms with van der Waals surface area (Å²) < 4.78 is 0. The molecular formula is C19H31Cl. The van der Waals surface area contributed by atoms with Gasteiger partial charge >= 0.3 is 0 Å². The Balaban J connectivity index is 2.82. The highest BCUT2D eigenvalue weighted by molar-refractivity contribution is 6.20. The second-order valence-corrected chi connectivity index (χ2v) is 7.04. The van der Waals surface area contributed by atoms with E-state index >= 15 is 0 Å². The van der Waals surface area contributed by atoms with Crippen molar-refractivity contribution in [3.8, 4) is 0 Å². The van der Waals surface area contributed by atoms with Crippen LogP contribution in [0.1, 0.15) is 101 Å². The van der Waals surface area contributed by atoms with E-state index in [-0.39, 0.29) is 5.38 Å². The fourth-order valence-corrected chi connectivity index (χ4v) is 3.00. The normalized spacial score (nSPS) is 13.2. The molecule has 0 saturated heterocycles. The van der Waals surface area contributed by atoms with Crippen molar-refractivity contribution >= 4 is 11.6 Å². The Kier molecular flexibility index (Phi) is 7.66. The van der Waals surface area contributed by atoms with Crippen LogP contribution in [0.25, 0.3) is 0 Å². The molecule has 0 N–H and O–H groups in total. The molecule has 0 aliphatic carbocycles. The van der Waals surface area contributed by atoms with Gasteiger partial charge in [0, 0.05) is 0 Å². The largest absolute Gasteiger partial charge is 0.118 e. The average molecular weight is 295 g/mol. The van der Waals surface area contributed by atoms with Gasteiger partial charge in [-0.3, -0.25) is 0 Å². The van der Waals surface area contributed by atoms with Crippen LogP contribution < -0.4 is 0 Å². The van der Waals surface area contributed by atoms with Crippen LogP contribution in [0.4, 0.5) is 0 Å². The van der Waals surface area contributed by atoms with E-state index < -0.39 is 0 Å². The van der Waals surface area contributed by atoms with Crippen LogP contribution in [-0.2, 0) is 0 Å². The lowest BCUT2D eigenvalue weighted by Crippen LogP contribution is -2.02. The Bertz CT molecular complexity index is 393. The van der Waals surface area contributed by atoms with Crippen LogP contribution >= 0.6 is 11.6 Å². The number of benzene rings is 1. The van der Waals surface area contributed by atoms with E-state index in [0.29, 0.717) is 11.8 Å². The molecule has 114 valence electrons. The van der Waals surface area contributed by atoms with Crippen molar-refractivity contribution in [3.05, 3.63) is 34.9 Å². The highest BCUT2D eigenvalue weighted by atomic mass is 35.5. The molecule has 0 nitrogen and oxygen atoms in total. The van der Waals surface area contributed by atoms with E-state index in [0.717, 1.165) is 6.42 Å². The molecule has 0 bridgehead atoms. The molecule has 0 aliphatic heterocycles. The van der Waals surface area contributed by atoms with E-state index in [1.165, 1.54) is 42.4 Å². The summed E-state index contributed by atoms with van der Waals surface area (Å²) >= 11 is 6.67. The van der Waals surface area contributed by atoms with Crippen molar-refractivity contribution in [1.29, 1.82) is 0 Å². The molecule has 0 radical (unpaired) electrons. The first-order chi connectivity index (χ1) is 9.47. The van der Waals surface area contributed by atoms with Gasteiger partial charge in [0.25, 0.3) is 0 Å². The summed E-state index contributed by atoms with van der Waals surface area (Å²) in [6.45, 7) is 11.3. The summed E-state index contributed by atoms with van der Waals surface area (Å²) in [4.78, 5) is 0. The standard InChI is InChI=1S/C19H31Cl/c1-6-7-8-9-10-19(20)17-12-11-16(14(2)3)13-18(17)15(4)5/h11-15,19H,6-10H2,1-5H3. The zero-order chi connectivity index (χ0) is 15.1. The first-order valence-electron chi connectivity index (χ1n) is 8.25. The molecule has 1 rings (SSSR count). The molecule has 0 aliphatic rings. The molecular weight excluding hydrogens is 264 g/mol. The molecule has 1 unspecified atom stereocenters. The summed E-state index contributed by atoms with van der Waals surface area (Å²) in [7, 11) is 0. The van der Waals surface area contributed by atoms with Gasteiger partial charge in [0.05, 0.1) is 5.38 Å². The maximum Gasteiger partial charge on any atom is 0.0588 e. The predicted molar refractivity (Wildman–Crippen MR) is 92.0 cm³/mol. The van der Waals surface area contributed by atoms with Gasteiger partial charge in [-0.25, -0.2) is 0 Å². The molecule has 0 saturated carbocycles. The van der Waals surface area contributed by atoms with Crippen LogP contribution in [0.2, 0.25) is 0 Å². The number of unbranched alkanes of at least 4 members (excludes halogenated alkanes) is 3. The van der Waals surface area contributed by atoms with Crippen LogP contribution in [0.3, 0.4) is 0 Å². The third-order valence-electron chi connectivity index (χ3n) is 4.05. The summed E-state index contributed by atoms with van der Waals surface area (Å²) in [5.74, 6) is 1.13. The number of hydrogen-bond donors (Lipinski definition) is 0. The van der Waals surface area contributed by atoms with Gasteiger partial charge in [-0.2, -0.15) is 0 Å². The second kappa shape index (κ2) is 8.72. The molecule has 1 aromatic rings. The van der Waals surface area contributed by atoms with Gasteiger partial charge in [-0.1, -0.05) is 78.5 Å². The van der Waals surface area contributed by atoms with Crippen molar-refractivity contribution < 1.29 is 0 Å². The van der Waals surface area contributed by atoms with Crippen molar-refractivity contribution in [2.45, 2.75) is 83.9 Å². The molecule has 1 aromatic carbocycles. The maximum absolute atomic E-state index is 6.67. The molecule has 0 aromatic heterocycles. The highest BCUT2D eigenvalue weighted by Crippen LogP contribution is 2.34. The maximum atomic E-state index is 6.67. The van der Waals surface area contributed by atoms with Crippen LogP contribution in [0.5, 0.6) is 0 Å². The Morgan fingerprint density at radius 1 is 0.900 bits per heavy atom. The van der Waals surface area contributed by atoms with Gasteiger partial charge in [-0.15, -0.1) is 11.6 Å². The first-order valence-corrected chi connectivity index (χ1v) is 8.68. The summed E-state index contributed by atoms with van der Waals surface area (Å²) in [6, 6.07) is 6.89. The molecule has 0 spiro atoms. The topological polar surface area (TPSA) is 0 Å². The van der Waals surface area contributed by atoms with Gasteiger partial charge in [-0.05, 0) is 34.9 Å². The van der Waals surface area contributed by atoms with E-state index in [1.807, 2.05) is 0 Å². The molecule has 0 heterocycles. The molecule has 20 heavy (non-hydrogen) atoms. The lowest BCUT2D eigenvalue weighted by atomic mass is 9.89. The Labute approximate surface area is 130 Å². The van der Waals surface area contributed by atoms with Gasteiger partial charge in [0.15, 0.2) is 0 Å². The third-order valence-corrected chi connectivity index (χ3v) is 4.50. The average Bonchev–Trinajstić information content (AvgIpc) is 2.42. The fraction of sp³-hybridized carbons (Fsp3) is 0.684. The van der Waals surface area contributed by atoms with E-state index in [9.17, 15) is 0 Å². The zero-order valence-electron chi connectivity index (χ0n) is 13.9. The van der Waals surface area contributed by atoms with Gasteiger partial charge < -0.3 is 0 Å². The summed E-state index contributed by atoms with van der Waals surface area (Å²) in [5.41, 5.74) is 4.21.